The molecule has 9 heteroatoms. The predicted octanol–water partition coefficient (Wildman–Crippen LogP) is 3.52. The van der Waals surface area contributed by atoms with Crippen molar-refractivity contribution in [3.8, 4) is 0 Å². The first-order valence-corrected chi connectivity index (χ1v) is 9.88. The zero-order valence-electron chi connectivity index (χ0n) is 15.8. The van der Waals surface area contributed by atoms with Crippen LogP contribution < -0.4 is 5.32 Å². The number of benzene rings is 2. The zero-order valence-corrected chi connectivity index (χ0v) is 16.6. The number of amides is 1. The van der Waals surface area contributed by atoms with E-state index in [0.29, 0.717) is 24.7 Å². The summed E-state index contributed by atoms with van der Waals surface area (Å²) in [6, 6.07) is 13.3. The number of carbonyl (C=O) groups is 1. The van der Waals surface area contributed by atoms with E-state index in [0.717, 1.165) is 35.3 Å². The third kappa shape index (κ3) is 5.61. The molecule has 152 valence electrons. The number of hydrogen-bond acceptors (Lipinski definition) is 5. The molecule has 3 rings (SSSR count). The van der Waals surface area contributed by atoms with E-state index in [1.807, 2.05) is 34.9 Å². The average molecular weight is 418 g/mol. The minimum atomic E-state index is -0.822. The molecule has 1 aromatic heterocycles. The second-order valence-corrected chi connectivity index (χ2v) is 7.08. The molecule has 0 saturated heterocycles. The second-order valence-electron chi connectivity index (χ2n) is 6.14. The van der Waals surface area contributed by atoms with E-state index in [1.165, 1.54) is 6.07 Å². The maximum atomic E-state index is 13.7. The predicted molar refractivity (Wildman–Crippen MR) is 107 cm³/mol. The monoisotopic (exact) mass is 418 g/mol. The molecule has 0 aliphatic rings. The number of nitrogens with zero attached hydrogens (tertiary/aromatic N) is 3. The van der Waals surface area contributed by atoms with E-state index in [-0.39, 0.29) is 5.75 Å². The van der Waals surface area contributed by atoms with E-state index in [1.54, 1.807) is 7.11 Å². The maximum absolute atomic E-state index is 13.7. The maximum Gasteiger partial charge on any atom is 0.235 e. The number of anilines is 1. The first-order chi connectivity index (χ1) is 14.1. The first kappa shape index (κ1) is 20.9. The molecule has 1 amide bonds. The van der Waals surface area contributed by atoms with Gasteiger partial charge in [0.25, 0.3) is 0 Å². The van der Waals surface area contributed by atoms with E-state index >= 15 is 0 Å². The van der Waals surface area contributed by atoms with Crippen molar-refractivity contribution in [2.24, 2.45) is 0 Å². The van der Waals surface area contributed by atoms with Crippen LogP contribution >= 0.6 is 11.8 Å². The van der Waals surface area contributed by atoms with Crippen LogP contribution in [0.1, 0.15) is 11.4 Å². The van der Waals surface area contributed by atoms with Gasteiger partial charge in [0.15, 0.2) is 5.16 Å². The lowest BCUT2D eigenvalue weighted by molar-refractivity contribution is -0.113. The quantitative estimate of drug-likeness (QED) is 0.539. The molecule has 2 aromatic carbocycles. The fourth-order valence-electron chi connectivity index (χ4n) is 2.66. The van der Waals surface area contributed by atoms with Crippen molar-refractivity contribution >= 4 is 23.4 Å². The van der Waals surface area contributed by atoms with Gasteiger partial charge in [0.1, 0.15) is 23.1 Å². The first-order valence-electron chi connectivity index (χ1n) is 8.90. The van der Waals surface area contributed by atoms with Gasteiger partial charge in [-0.15, -0.1) is 10.2 Å². The molecule has 0 aliphatic carbocycles. The summed E-state index contributed by atoms with van der Waals surface area (Å²) >= 11 is 1.14. The molecular weight excluding hydrogens is 398 g/mol. The Morgan fingerprint density at radius 1 is 1.10 bits per heavy atom. The van der Waals surface area contributed by atoms with Crippen LogP contribution in [0.3, 0.4) is 0 Å². The Hall–Kier alpha value is -2.78. The highest BCUT2D eigenvalue weighted by Crippen LogP contribution is 2.21. The molecule has 0 spiro atoms. The molecule has 1 N–H and O–H groups in total. The zero-order chi connectivity index (χ0) is 20.6. The number of para-hydroxylation sites is 1. The third-order valence-corrected chi connectivity index (χ3v) is 5.04. The number of rotatable bonds is 9. The number of methoxy groups -OCH3 is 1. The highest BCUT2D eigenvalue weighted by atomic mass is 32.2. The Bertz CT molecular complexity index is 946. The van der Waals surface area contributed by atoms with Gasteiger partial charge in [-0.1, -0.05) is 48.2 Å². The second kappa shape index (κ2) is 10.1. The summed E-state index contributed by atoms with van der Waals surface area (Å²) in [6.45, 7) is 0.984. The molecule has 0 atom stereocenters. The van der Waals surface area contributed by atoms with Crippen molar-refractivity contribution in [2.75, 3.05) is 24.8 Å². The molecule has 29 heavy (non-hydrogen) atoms. The average Bonchev–Trinajstić information content (AvgIpc) is 3.10. The minimum absolute atomic E-state index is 0.0653. The van der Waals surface area contributed by atoms with Crippen LogP contribution in [0, 0.1) is 11.6 Å². The van der Waals surface area contributed by atoms with Crippen LogP contribution in [0.4, 0.5) is 14.5 Å². The minimum Gasteiger partial charge on any atom is -0.383 e. The van der Waals surface area contributed by atoms with Crippen LogP contribution in [0.2, 0.25) is 0 Å². The molecule has 0 radical (unpaired) electrons. The molecule has 0 saturated carbocycles. The van der Waals surface area contributed by atoms with E-state index in [4.69, 9.17) is 4.74 Å². The molecule has 0 bridgehead atoms. The SMILES string of the molecule is COCCn1c(Cc2ccccc2)nnc1SCC(=O)Nc1c(F)cccc1F. The van der Waals surface area contributed by atoms with Crippen LogP contribution in [0.5, 0.6) is 0 Å². The van der Waals surface area contributed by atoms with Gasteiger partial charge in [-0.2, -0.15) is 0 Å². The summed E-state index contributed by atoms with van der Waals surface area (Å²) in [7, 11) is 1.60. The largest absolute Gasteiger partial charge is 0.383 e. The van der Waals surface area contributed by atoms with Gasteiger partial charge >= 0.3 is 0 Å². The summed E-state index contributed by atoms with van der Waals surface area (Å²) in [5.41, 5.74) is 0.631. The van der Waals surface area contributed by atoms with Gasteiger partial charge < -0.3 is 14.6 Å². The highest BCUT2D eigenvalue weighted by Gasteiger charge is 2.16. The Balaban J connectivity index is 1.68. The summed E-state index contributed by atoms with van der Waals surface area (Å²) < 4.78 is 34.4. The summed E-state index contributed by atoms with van der Waals surface area (Å²) in [6.07, 6.45) is 0.588. The smallest absolute Gasteiger partial charge is 0.235 e. The molecule has 3 aromatic rings. The number of nitrogens with one attached hydrogen (secondary N) is 1. The molecule has 6 nitrogen and oxygen atoms in total. The van der Waals surface area contributed by atoms with Crippen LogP contribution in [0.15, 0.2) is 53.7 Å². The van der Waals surface area contributed by atoms with Crippen molar-refractivity contribution in [1.29, 1.82) is 0 Å². The Labute approximate surface area is 171 Å². The third-order valence-electron chi connectivity index (χ3n) is 4.08. The Morgan fingerprint density at radius 2 is 1.83 bits per heavy atom. The van der Waals surface area contributed by atoms with E-state index < -0.39 is 23.2 Å². The summed E-state index contributed by atoms with van der Waals surface area (Å²) in [4.78, 5) is 12.2. The molecule has 0 unspecified atom stereocenters. The van der Waals surface area contributed by atoms with Crippen molar-refractivity contribution in [3.63, 3.8) is 0 Å². The normalized spacial score (nSPS) is 10.9. The number of aromatic nitrogens is 3. The van der Waals surface area contributed by atoms with Crippen molar-refractivity contribution in [1.82, 2.24) is 14.8 Å². The number of ether oxygens (including phenoxy) is 1. The molecule has 0 aliphatic heterocycles. The van der Waals surface area contributed by atoms with Crippen molar-refractivity contribution in [2.45, 2.75) is 18.1 Å². The molecule has 1 heterocycles. The standard InChI is InChI=1S/C20H20F2N4O2S/c1-28-11-10-26-17(12-14-6-3-2-4-7-14)24-25-20(26)29-13-18(27)23-19-15(21)8-5-9-16(19)22/h2-9H,10-13H2,1H3,(H,23,27). The number of hydrogen-bond donors (Lipinski definition) is 1. The number of carbonyl (C=O) groups excluding carboxylic acids is 1. The molecule has 0 fully saturated rings. The van der Waals surface area contributed by atoms with Gasteiger partial charge in [0.2, 0.25) is 5.91 Å². The van der Waals surface area contributed by atoms with Crippen molar-refractivity contribution in [3.05, 3.63) is 71.6 Å². The van der Waals surface area contributed by atoms with E-state index in [2.05, 4.69) is 15.5 Å². The number of thioether (sulfide) groups is 1. The topological polar surface area (TPSA) is 69.0 Å². The van der Waals surface area contributed by atoms with Crippen LogP contribution in [-0.4, -0.2) is 40.1 Å². The fourth-order valence-corrected chi connectivity index (χ4v) is 3.45. The number of halogens is 2. The molecular formula is C20H20F2N4O2S. The van der Waals surface area contributed by atoms with Crippen LogP contribution in [-0.2, 0) is 22.5 Å². The van der Waals surface area contributed by atoms with Gasteiger partial charge in [-0.05, 0) is 17.7 Å². The van der Waals surface area contributed by atoms with Crippen LogP contribution in [0.25, 0.3) is 0 Å². The van der Waals surface area contributed by atoms with Gasteiger partial charge in [-0.3, -0.25) is 4.79 Å². The lowest BCUT2D eigenvalue weighted by atomic mass is 10.1. The Kier molecular flexibility index (Phi) is 7.31. The van der Waals surface area contributed by atoms with E-state index in [9.17, 15) is 13.6 Å². The Morgan fingerprint density at radius 3 is 2.52 bits per heavy atom. The summed E-state index contributed by atoms with van der Waals surface area (Å²) in [5, 5.41) is 11.2. The lowest BCUT2D eigenvalue weighted by Gasteiger charge is -2.10. The highest BCUT2D eigenvalue weighted by molar-refractivity contribution is 7.99. The lowest BCUT2D eigenvalue weighted by Crippen LogP contribution is -2.17. The van der Waals surface area contributed by atoms with Gasteiger partial charge in [0, 0.05) is 20.1 Å². The van der Waals surface area contributed by atoms with Crippen molar-refractivity contribution < 1.29 is 18.3 Å². The van der Waals surface area contributed by atoms with Gasteiger partial charge in [0.05, 0.1) is 12.4 Å². The fraction of sp³-hybridized carbons (Fsp3) is 0.250. The summed E-state index contributed by atoms with van der Waals surface area (Å²) in [5.74, 6) is -1.50. The van der Waals surface area contributed by atoms with Gasteiger partial charge in [-0.25, -0.2) is 8.78 Å².